The predicted molar refractivity (Wildman–Crippen MR) is 131 cm³/mol. The third-order valence-electron chi connectivity index (χ3n) is 8.05. The molecule has 0 aromatic carbocycles. The number of hydrogen-bond donors (Lipinski definition) is 1. The van der Waals surface area contributed by atoms with E-state index in [9.17, 15) is 9.59 Å². The van der Waals surface area contributed by atoms with Crippen LogP contribution in [0.2, 0.25) is 0 Å². The van der Waals surface area contributed by atoms with E-state index in [0.29, 0.717) is 24.5 Å². The Bertz CT molecular complexity index is 984. The largest absolute Gasteiger partial charge is 0.463 e. The van der Waals surface area contributed by atoms with Crippen LogP contribution in [-0.2, 0) is 11.3 Å². The molecule has 2 aromatic rings. The molecule has 1 aliphatic carbocycles. The maximum absolute atomic E-state index is 13.8. The van der Waals surface area contributed by atoms with Gasteiger partial charge in [0.15, 0.2) is 0 Å². The topological polar surface area (TPSA) is 70.7 Å². The van der Waals surface area contributed by atoms with Crippen LogP contribution in [0.3, 0.4) is 0 Å². The zero-order valence-electron chi connectivity index (χ0n) is 20.4. The molecule has 2 aliphatic heterocycles. The molecule has 1 saturated heterocycles. The van der Waals surface area contributed by atoms with Gasteiger partial charge in [-0.05, 0) is 70.0 Å². The number of carbonyl (C=O) groups is 2. The van der Waals surface area contributed by atoms with Crippen LogP contribution in [0, 0.1) is 0 Å². The molecule has 0 bridgehead atoms. The number of rotatable bonds is 6. The minimum Gasteiger partial charge on any atom is -0.463 e. The Morgan fingerprint density at radius 1 is 1.00 bits per heavy atom. The van der Waals surface area contributed by atoms with Gasteiger partial charge in [0, 0.05) is 19.1 Å². The van der Waals surface area contributed by atoms with Crippen molar-refractivity contribution in [3.8, 4) is 11.5 Å². The third kappa shape index (κ3) is 4.54. The lowest BCUT2D eigenvalue weighted by atomic mass is 9.91. The summed E-state index contributed by atoms with van der Waals surface area (Å²) in [5, 5.41) is 3.32. The highest BCUT2D eigenvalue weighted by Gasteiger charge is 2.48. The lowest BCUT2D eigenvalue weighted by Crippen LogP contribution is -2.66. The van der Waals surface area contributed by atoms with Gasteiger partial charge in [-0.15, -0.1) is 0 Å². The van der Waals surface area contributed by atoms with Crippen molar-refractivity contribution in [2.45, 2.75) is 82.8 Å². The highest BCUT2D eigenvalue weighted by atomic mass is 16.3. The van der Waals surface area contributed by atoms with Crippen LogP contribution in [0.4, 0.5) is 0 Å². The van der Waals surface area contributed by atoms with Crippen molar-refractivity contribution < 1.29 is 14.0 Å². The molecular formula is C27H38N4O3. The molecule has 0 radical (unpaired) electrons. The molecule has 184 valence electrons. The summed E-state index contributed by atoms with van der Waals surface area (Å²) in [7, 11) is 0. The fourth-order valence-electron chi connectivity index (χ4n) is 5.95. The maximum atomic E-state index is 13.8. The number of nitrogens with zero attached hydrogens (tertiary/aromatic N) is 3. The van der Waals surface area contributed by atoms with Gasteiger partial charge in [-0.2, -0.15) is 0 Å². The van der Waals surface area contributed by atoms with Crippen LogP contribution in [0.1, 0.15) is 75.2 Å². The third-order valence-corrected chi connectivity index (χ3v) is 8.05. The van der Waals surface area contributed by atoms with Crippen LogP contribution >= 0.6 is 0 Å². The molecule has 5 rings (SSSR count). The highest BCUT2D eigenvalue weighted by Crippen LogP contribution is 2.33. The van der Waals surface area contributed by atoms with E-state index >= 15 is 0 Å². The van der Waals surface area contributed by atoms with E-state index in [-0.39, 0.29) is 17.9 Å². The number of amides is 2. The molecule has 0 spiro atoms. The van der Waals surface area contributed by atoms with Crippen molar-refractivity contribution in [2.75, 3.05) is 26.2 Å². The summed E-state index contributed by atoms with van der Waals surface area (Å²) < 4.78 is 7.62. The fourth-order valence-corrected chi connectivity index (χ4v) is 5.95. The van der Waals surface area contributed by atoms with E-state index in [1.807, 2.05) is 40.7 Å². The maximum Gasteiger partial charge on any atom is 0.271 e. The van der Waals surface area contributed by atoms with Gasteiger partial charge in [-0.25, -0.2) is 0 Å². The molecule has 7 nitrogen and oxygen atoms in total. The molecule has 1 atom stereocenters. The Morgan fingerprint density at radius 2 is 1.71 bits per heavy atom. The Morgan fingerprint density at radius 3 is 2.41 bits per heavy atom. The van der Waals surface area contributed by atoms with Gasteiger partial charge >= 0.3 is 0 Å². The first-order chi connectivity index (χ1) is 16.6. The summed E-state index contributed by atoms with van der Waals surface area (Å²) in [6, 6.07) is 7.76. The Labute approximate surface area is 202 Å². The Hall–Kier alpha value is -2.54. The molecule has 7 heteroatoms. The van der Waals surface area contributed by atoms with E-state index in [1.54, 1.807) is 6.26 Å². The number of aromatic nitrogens is 1. The molecule has 34 heavy (non-hydrogen) atoms. The average Bonchev–Trinajstić information content (AvgIpc) is 3.44. The number of hydrogen-bond acceptors (Lipinski definition) is 4. The summed E-state index contributed by atoms with van der Waals surface area (Å²) in [6.45, 7) is 5.90. The van der Waals surface area contributed by atoms with Gasteiger partial charge in [0.2, 0.25) is 5.91 Å². The summed E-state index contributed by atoms with van der Waals surface area (Å²) in [5.41, 5.74) is 0.524. The number of likely N-dealkylation sites (tertiary alicyclic amines) is 1. The number of nitrogens with one attached hydrogen (secondary N) is 1. The summed E-state index contributed by atoms with van der Waals surface area (Å²) in [5.74, 6) is 0.612. The molecule has 4 heterocycles. The van der Waals surface area contributed by atoms with Crippen LogP contribution in [-0.4, -0.2) is 63.9 Å². The first kappa shape index (κ1) is 23.2. The molecule has 1 unspecified atom stereocenters. The van der Waals surface area contributed by atoms with Crippen molar-refractivity contribution in [1.82, 2.24) is 19.7 Å². The van der Waals surface area contributed by atoms with Crippen LogP contribution in [0.5, 0.6) is 0 Å². The molecule has 1 N–H and O–H groups in total. The number of fused-ring (bicyclic) bond motifs is 1. The molecule has 1 saturated carbocycles. The van der Waals surface area contributed by atoms with E-state index in [2.05, 4.69) is 10.2 Å². The number of furan rings is 1. The minimum atomic E-state index is -0.951. The van der Waals surface area contributed by atoms with E-state index in [0.717, 1.165) is 51.0 Å². The SMILES string of the molecule is CC1(C(=O)NC2CCCCC2)Cn2c(ccc2-c2ccco2)C(=O)N1CCN1CCCCCC1. The standard InChI is InChI=1S/C27H38N4O3/c1-27(26(33)28-21-10-5-4-6-11-21)20-30-22(24-12-9-19-34-24)13-14-23(30)25(32)31(27)18-17-29-15-7-2-3-8-16-29/h9,12-14,19,21H,2-8,10-11,15-18,20H2,1H3,(H,28,33). The van der Waals surface area contributed by atoms with Crippen LogP contribution < -0.4 is 5.32 Å². The predicted octanol–water partition coefficient (Wildman–Crippen LogP) is 4.29. The summed E-state index contributed by atoms with van der Waals surface area (Å²) in [6.07, 6.45) is 12.2. The van der Waals surface area contributed by atoms with Crippen LogP contribution in [0.15, 0.2) is 34.9 Å². The molecular weight excluding hydrogens is 428 g/mol. The smallest absolute Gasteiger partial charge is 0.271 e. The summed E-state index contributed by atoms with van der Waals surface area (Å²) in [4.78, 5) is 32.0. The quantitative estimate of drug-likeness (QED) is 0.690. The average molecular weight is 467 g/mol. The number of carbonyl (C=O) groups excluding carboxylic acids is 2. The van der Waals surface area contributed by atoms with Crippen molar-refractivity contribution in [2.24, 2.45) is 0 Å². The van der Waals surface area contributed by atoms with Crippen molar-refractivity contribution in [1.29, 1.82) is 0 Å². The second-order valence-electron chi connectivity index (χ2n) is 10.5. The molecule has 2 aromatic heterocycles. The molecule has 2 fully saturated rings. The first-order valence-electron chi connectivity index (χ1n) is 13.1. The van der Waals surface area contributed by atoms with Crippen molar-refractivity contribution in [3.05, 3.63) is 36.2 Å². The first-order valence-corrected chi connectivity index (χ1v) is 13.1. The fraction of sp³-hybridized carbons (Fsp3) is 0.630. The van der Waals surface area contributed by atoms with Crippen molar-refractivity contribution >= 4 is 11.8 Å². The highest BCUT2D eigenvalue weighted by molar-refractivity contribution is 6.00. The Balaban J connectivity index is 1.43. The van der Waals surface area contributed by atoms with Gasteiger partial charge in [-0.3, -0.25) is 9.59 Å². The van der Waals surface area contributed by atoms with Gasteiger partial charge in [0.25, 0.3) is 5.91 Å². The van der Waals surface area contributed by atoms with Gasteiger partial charge in [-0.1, -0.05) is 32.1 Å². The normalized spacial score (nSPS) is 24.6. The second kappa shape index (κ2) is 9.98. The zero-order chi connectivity index (χ0) is 23.5. The monoisotopic (exact) mass is 466 g/mol. The molecule has 2 amide bonds. The Kier molecular flexibility index (Phi) is 6.82. The van der Waals surface area contributed by atoms with E-state index in [1.165, 1.54) is 32.1 Å². The van der Waals surface area contributed by atoms with Crippen molar-refractivity contribution in [3.63, 3.8) is 0 Å². The molecule has 3 aliphatic rings. The van der Waals surface area contributed by atoms with Gasteiger partial charge < -0.3 is 24.1 Å². The summed E-state index contributed by atoms with van der Waals surface area (Å²) >= 11 is 0. The van der Waals surface area contributed by atoms with Crippen LogP contribution in [0.25, 0.3) is 11.5 Å². The minimum absolute atomic E-state index is 0.0339. The second-order valence-corrected chi connectivity index (χ2v) is 10.5. The van der Waals surface area contributed by atoms with E-state index < -0.39 is 5.54 Å². The van der Waals surface area contributed by atoms with Gasteiger partial charge in [0.1, 0.15) is 17.0 Å². The van der Waals surface area contributed by atoms with Gasteiger partial charge in [0.05, 0.1) is 18.5 Å². The lowest BCUT2D eigenvalue weighted by molar-refractivity contribution is -0.134. The van der Waals surface area contributed by atoms with E-state index in [4.69, 9.17) is 4.42 Å². The zero-order valence-corrected chi connectivity index (χ0v) is 20.4. The lowest BCUT2D eigenvalue weighted by Gasteiger charge is -2.45.